The largest absolute Gasteiger partial charge is 0.477 e. The van der Waals surface area contributed by atoms with Crippen LogP contribution in [0.5, 0.6) is 0 Å². The molecule has 29 heteroatoms. The molecule has 23 nitrogen and oxygen atoms in total. The Balaban J connectivity index is 1.04. The number of Topliss-reactive ketones (excluding diaryl/α,β-unsaturated/α-hetero) is 1. The van der Waals surface area contributed by atoms with Crippen LogP contribution in [0.4, 0.5) is 5.82 Å². The molecule has 8 aromatic heterocycles. The van der Waals surface area contributed by atoms with Crippen LogP contribution in [0.15, 0.2) is 82.3 Å². The van der Waals surface area contributed by atoms with Gasteiger partial charge in [0.2, 0.25) is 11.8 Å². The van der Waals surface area contributed by atoms with Crippen molar-refractivity contribution >= 4 is 115 Å². The average Bonchev–Trinajstić information content (AvgIpc) is 4.33. The van der Waals surface area contributed by atoms with E-state index in [9.17, 15) is 43.8 Å². The third-order valence-electron chi connectivity index (χ3n) is 13.1. The van der Waals surface area contributed by atoms with Gasteiger partial charge in [-0.3, -0.25) is 28.8 Å². The van der Waals surface area contributed by atoms with Crippen molar-refractivity contribution in [3.05, 3.63) is 141 Å². The molecule has 4 atom stereocenters. The number of benzene rings is 1. The molecule has 0 fully saturated rings. The number of carboxylic acid groups (broad SMARTS) is 1. The number of hydrogen-bond donors (Lipinski definition) is 7. The lowest BCUT2D eigenvalue weighted by atomic mass is 9.90. The van der Waals surface area contributed by atoms with Crippen LogP contribution in [-0.4, -0.2) is 112 Å². The molecule has 0 radical (unpaired) electrons. The van der Waals surface area contributed by atoms with E-state index >= 15 is 0 Å². The summed E-state index contributed by atoms with van der Waals surface area (Å²) < 4.78 is 5.46. The van der Waals surface area contributed by atoms with E-state index in [1.165, 1.54) is 83.1 Å². The summed E-state index contributed by atoms with van der Waals surface area (Å²) in [6.07, 6.45) is -0.319. The molecule has 10 bridgehead atoms. The summed E-state index contributed by atoms with van der Waals surface area (Å²) in [6.45, 7) is 5.13. The van der Waals surface area contributed by atoms with Gasteiger partial charge < -0.3 is 41.5 Å². The summed E-state index contributed by atoms with van der Waals surface area (Å²) in [5, 5.41) is 44.2. The highest BCUT2D eigenvalue weighted by Crippen LogP contribution is 2.41. The number of rotatable bonds is 11. The van der Waals surface area contributed by atoms with E-state index in [2.05, 4.69) is 36.6 Å². The Labute approximate surface area is 502 Å². The van der Waals surface area contributed by atoms with Crippen LogP contribution in [0.1, 0.15) is 133 Å². The number of aliphatic hydroxyl groups excluding tert-OH is 1. The molecule has 0 saturated heterocycles. The lowest BCUT2D eigenvalue weighted by Gasteiger charge is -2.23. The molecule has 1 aliphatic heterocycles. The van der Waals surface area contributed by atoms with Crippen LogP contribution in [-0.2, 0) is 20.9 Å². The van der Waals surface area contributed by atoms with Crippen LogP contribution in [0.25, 0.3) is 43.4 Å². The highest BCUT2D eigenvalue weighted by molar-refractivity contribution is 7.15. The molecule has 5 amide bonds. The molecule has 1 aromatic carbocycles. The number of thiazole rings is 6. The Hall–Kier alpha value is -8.29. The van der Waals surface area contributed by atoms with E-state index < -0.39 is 66.2 Å². The second-order valence-corrected chi connectivity index (χ2v) is 25.0. The van der Waals surface area contributed by atoms with E-state index in [4.69, 9.17) is 34.6 Å². The number of nitrogens with zero attached hydrogens (tertiary/aromatic N) is 8. The zero-order valence-electron chi connectivity index (χ0n) is 45.0. The SMILES string of the molecule is CNC(=O)C[C@@H]1NC(=O)c2csc(n2)-c2ccc(-c3nc(NC(=O)c4ccnc(C(=O)O)c4)cs3)nc2-c2csc(n2)-c2csc(n2)[C@H]([C@@H](O)c2ccccc2)NC(=O)CNC(=O)c2nc(sc2COC)[C@H](C(C)C)CC(=O)c2nc1sc2C. The van der Waals surface area contributed by atoms with Gasteiger partial charge in [0.1, 0.15) is 82.9 Å². The van der Waals surface area contributed by atoms with Gasteiger partial charge in [0.15, 0.2) is 5.78 Å². The minimum atomic E-state index is -1.29. The highest BCUT2D eigenvalue weighted by Gasteiger charge is 2.33. The molecule has 1 aliphatic rings. The number of fused-ring (bicyclic) bond motifs is 14. The maximum absolute atomic E-state index is 14.4. The van der Waals surface area contributed by atoms with Crippen molar-refractivity contribution in [3.8, 4) is 43.4 Å². The smallest absolute Gasteiger partial charge is 0.354 e. The zero-order valence-corrected chi connectivity index (χ0v) is 49.9. The van der Waals surface area contributed by atoms with Gasteiger partial charge >= 0.3 is 5.97 Å². The zero-order chi connectivity index (χ0) is 59.3. The molecule has 0 unspecified atom stereocenters. The van der Waals surface area contributed by atoms with Gasteiger partial charge in [-0.2, -0.15) is 0 Å². The second kappa shape index (κ2) is 25.7. The number of carbonyl (C=O) groups is 7. The van der Waals surface area contributed by atoms with E-state index in [0.717, 1.165) is 17.4 Å². The summed E-state index contributed by atoms with van der Waals surface area (Å²) in [6, 6.07) is 12.7. The van der Waals surface area contributed by atoms with E-state index in [1.807, 2.05) is 13.8 Å². The first kappa shape index (κ1) is 58.9. The fraction of sp³-hybridized carbons (Fsp3) is 0.255. The predicted molar refractivity (Wildman–Crippen MR) is 318 cm³/mol. The average molecular weight is 1240 g/mol. The Kier molecular flexibility index (Phi) is 18.0. The Morgan fingerprint density at radius 3 is 2.24 bits per heavy atom. The van der Waals surface area contributed by atoms with E-state index in [1.54, 1.807) is 70.9 Å². The second-order valence-electron chi connectivity index (χ2n) is 19.1. The quantitative estimate of drug-likeness (QED) is 0.0637. The number of aromatic nitrogens is 8. The van der Waals surface area contributed by atoms with Gasteiger partial charge in [-0.1, -0.05) is 44.2 Å². The molecule has 84 heavy (non-hydrogen) atoms. The number of ketones is 1. The van der Waals surface area contributed by atoms with Gasteiger partial charge in [0, 0.05) is 70.2 Å². The van der Waals surface area contributed by atoms with Gasteiger partial charge in [0.25, 0.3) is 17.7 Å². The highest BCUT2D eigenvalue weighted by atomic mass is 32.1. The lowest BCUT2D eigenvalue weighted by Crippen LogP contribution is -2.40. The van der Waals surface area contributed by atoms with Crippen molar-refractivity contribution in [1.82, 2.24) is 61.1 Å². The molecular formula is C55H49N13O10S6. The maximum atomic E-state index is 14.4. The number of anilines is 1. The van der Waals surface area contributed by atoms with Gasteiger partial charge in [-0.15, -0.1) is 68.0 Å². The molecule has 9 aromatic rings. The number of aryl methyl sites for hydroxylation is 1. The molecule has 0 saturated carbocycles. The molecule has 10 rings (SSSR count). The van der Waals surface area contributed by atoms with Crippen molar-refractivity contribution in [2.45, 2.75) is 64.3 Å². The van der Waals surface area contributed by atoms with Gasteiger partial charge in [-0.25, -0.2) is 44.7 Å². The lowest BCUT2D eigenvalue weighted by molar-refractivity contribution is -0.122. The van der Waals surface area contributed by atoms with Crippen LogP contribution < -0.4 is 26.6 Å². The van der Waals surface area contributed by atoms with Gasteiger partial charge in [0.05, 0.1) is 41.2 Å². The summed E-state index contributed by atoms with van der Waals surface area (Å²) in [5.41, 5.74) is 2.43. The monoisotopic (exact) mass is 1240 g/mol. The summed E-state index contributed by atoms with van der Waals surface area (Å²) >= 11 is 7.16. The first-order valence-electron chi connectivity index (χ1n) is 25.6. The molecule has 7 N–H and O–H groups in total. The fourth-order valence-electron chi connectivity index (χ4n) is 8.77. The molecule has 9 heterocycles. The Morgan fingerprint density at radius 1 is 0.750 bits per heavy atom. The van der Waals surface area contributed by atoms with Crippen LogP contribution >= 0.6 is 68.0 Å². The maximum Gasteiger partial charge on any atom is 0.354 e. The van der Waals surface area contributed by atoms with Crippen LogP contribution in [0, 0.1) is 12.8 Å². The third-order valence-corrected chi connectivity index (χ3v) is 18.9. The number of carboxylic acids is 1. The fourth-order valence-corrected chi connectivity index (χ4v) is 14.3. The molecular weight excluding hydrogens is 1200 g/mol. The number of nitrogens with one attached hydrogen (secondary N) is 5. The van der Waals surface area contributed by atoms with Crippen molar-refractivity contribution < 1.29 is 48.5 Å². The van der Waals surface area contributed by atoms with Crippen LogP contribution in [0.3, 0.4) is 0 Å². The first-order valence-corrected chi connectivity index (χ1v) is 30.8. The van der Waals surface area contributed by atoms with E-state index in [0.29, 0.717) is 73.7 Å². The Bertz CT molecular complexity index is 3980. The number of aliphatic hydroxyl groups is 1. The van der Waals surface area contributed by atoms with Crippen LogP contribution in [0.2, 0.25) is 0 Å². The summed E-state index contributed by atoms with van der Waals surface area (Å²) in [5.74, 6) is -4.98. The minimum absolute atomic E-state index is 0.0165. The predicted octanol–water partition coefficient (Wildman–Crippen LogP) is 8.54. The number of pyridine rings is 2. The minimum Gasteiger partial charge on any atom is -0.477 e. The molecule has 0 spiro atoms. The number of carbonyl (C=O) groups excluding carboxylic acids is 6. The van der Waals surface area contributed by atoms with Crippen molar-refractivity contribution in [3.63, 3.8) is 0 Å². The molecule has 0 aliphatic carbocycles. The number of methoxy groups -OCH3 is 1. The number of aromatic carboxylic acids is 1. The van der Waals surface area contributed by atoms with E-state index in [-0.39, 0.29) is 65.3 Å². The Morgan fingerprint density at radius 2 is 1.48 bits per heavy atom. The first-order chi connectivity index (χ1) is 40.4. The van der Waals surface area contributed by atoms with Crippen molar-refractivity contribution in [1.29, 1.82) is 0 Å². The molecule has 430 valence electrons. The summed E-state index contributed by atoms with van der Waals surface area (Å²) in [7, 11) is 2.95. The third kappa shape index (κ3) is 13.1. The topological polar surface area (TPSA) is 332 Å². The summed E-state index contributed by atoms with van der Waals surface area (Å²) in [4.78, 5) is 133. The number of ether oxygens (including phenoxy) is 1. The number of hydrogen-bond acceptors (Lipinski definition) is 23. The van der Waals surface area contributed by atoms with Gasteiger partial charge in [-0.05, 0) is 42.7 Å². The normalized spacial score (nSPS) is 16.3. The number of amides is 5. The standard InChI is InChI=1S/C55H49N13O10S6/c1-24(2)29-16-36(69)41-25(3)83-53(67-41)31(17-39(70)56-4)60-47(74)34-21-79-49(62-34)28-11-12-30(51-65-38(23-82-51)64-46(73)27-13-14-57-32(15-27)55(76)77)59-42(28)33-20-80-52(61-33)35-22-81-54(63-35)44(45(72)26-9-7-6-8-10-26)66-40(71)18-58-48(75)43-37(19-78-5)84-50(29)68-43/h6-15,20-24,29,31,44-45,72H,16-19H2,1-5H3,(H,56,70)(H,58,75)(H,60,74)(H,64,73)(H,66,71)(H,76,77)/t29-,31-,44-,45-/m0/s1. The van der Waals surface area contributed by atoms with Crippen molar-refractivity contribution in [2.24, 2.45) is 5.92 Å². The van der Waals surface area contributed by atoms with Crippen molar-refractivity contribution in [2.75, 3.05) is 26.0 Å².